The molecule has 0 aromatic heterocycles. The van der Waals surface area contributed by atoms with Crippen LogP contribution in [0.4, 0.5) is 0 Å². The summed E-state index contributed by atoms with van der Waals surface area (Å²) >= 11 is 0. The number of hydrogen-bond acceptors (Lipinski definition) is 4. The summed E-state index contributed by atoms with van der Waals surface area (Å²) in [6.45, 7) is 6.96. The van der Waals surface area contributed by atoms with Gasteiger partial charge >= 0.3 is 11.9 Å². The van der Waals surface area contributed by atoms with Crippen molar-refractivity contribution in [3.05, 3.63) is 60.2 Å². The maximum atomic E-state index is 11.5. The Morgan fingerprint density at radius 1 is 1.22 bits per heavy atom. The lowest BCUT2D eigenvalue weighted by molar-refractivity contribution is -0.141. The van der Waals surface area contributed by atoms with Gasteiger partial charge in [0.15, 0.2) is 0 Å². The Balaban J connectivity index is 2.06. The standard InChI is InChI=1S/C19H20O4/c1-13(2)19(21)23-18-9-7-16(8-10-18)17-6-4-5-15(11-17)12-22-14(3)20/h4,6-11,15H,1,5,12H2,2-3H3. The predicted octanol–water partition coefficient (Wildman–Crippen LogP) is 3.69. The first-order valence-corrected chi connectivity index (χ1v) is 7.45. The van der Waals surface area contributed by atoms with Gasteiger partial charge in [0.2, 0.25) is 0 Å². The molecule has 0 amide bonds. The van der Waals surface area contributed by atoms with Gasteiger partial charge in [-0.05, 0) is 36.6 Å². The maximum Gasteiger partial charge on any atom is 0.338 e. The Kier molecular flexibility index (Phi) is 5.52. The second kappa shape index (κ2) is 7.58. The summed E-state index contributed by atoms with van der Waals surface area (Å²) in [5.41, 5.74) is 2.44. The minimum Gasteiger partial charge on any atom is -0.465 e. The molecular formula is C19H20O4. The van der Waals surface area contributed by atoms with Crippen LogP contribution < -0.4 is 4.74 Å². The number of carbonyl (C=O) groups excluding carboxylic acids is 2. The van der Waals surface area contributed by atoms with Crippen molar-refractivity contribution in [2.45, 2.75) is 20.3 Å². The summed E-state index contributed by atoms with van der Waals surface area (Å²) in [4.78, 5) is 22.4. The van der Waals surface area contributed by atoms with Crippen molar-refractivity contribution >= 4 is 17.5 Å². The second-order valence-electron chi connectivity index (χ2n) is 5.52. The first-order valence-electron chi connectivity index (χ1n) is 7.45. The van der Waals surface area contributed by atoms with Gasteiger partial charge in [0.25, 0.3) is 0 Å². The molecule has 0 aliphatic heterocycles. The number of rotatable bonds is 5. The van der Waals surface area contributed by atoms with Gasteiger partial charge < -0.3 is 9.47 Å². The quantitative estimate of drug-likeness (QED) is 0.473. The minimum atomic E-state index is -0.434. The van der Waals surface area contributed by atoms with E-state index in [-0.39, 0.29) is 11.9 Å². The number of carbonyl (C=O) groups is 2. The van der Waals surface area contributed by atoms with E-state index >= 15 is 0 Å². The number of hydrogen-bond donors (Lipinski definition) is 0. The Morgan fingerprint density at radius 3 is 2.52 bits per heavy atom. The van der Waals surface area contributed by atoms with E-state index in [9.17, 15) is 9.59 Å². The van der Waals surface area contributed by atoms with Crippen LogP contribution in [-0.4, -0.2) is 18.5 Å². The van der Waals surface area contributed by atoms with Gasteiger partial charge in [-0.15, -0.1) is 0 Å². The average molecular weight is 312 g/mol. The monoisotopic (exact) mass is 312 g/mol. The fourth-order valence-electron chi connectivity index (χ4n) is 2.19. The molecule has 1 atom stereocenters. The molecular weight excluding hydrogens is 292 g/mol. The van der Waals surface area contributed by atoms with Gasteiger partial charge in [-0.1, -0.05) is 36.9 Å². The Hall–Kier alpha value is -2.62. The lowest BCUT2D eigenvalue weighted by Gasteiger charge is -2.16. The number of allylic oxidation sites excluding steroid dienone is 3. The maximum absolute atomic E-state index is 11.5. The summed E-state index contributed by atoms with van der Waals surface area (Å²) in [6, 6.07) is 7.29. The molecule has 1 aromatic rings. The van der Waals surface area contributed by atoms with Gasteiger partial charge in [0.05, 0.1) is 6.61 Å². The Morgan fingerprint density at radius 2 is 1.91 bits per heavy atom. The van der Waals surface area contributed by atoms with E-state index in [4.69, 9.17) is 9.47 Å². The zero-order chi connectivity index (χ0) is 16.8. The Labute approximate surface area is 136 Å². The summed E-state index contributed by atoms with van der Waals surface area (Å²) < 4.78 is 10.2. The van der Waals surface area contributed by atoms with Crippen LogP contribution >= 0.6 is 0 Å². The molecule has 1 aromatic carbocycles. The van der Waals surface area contributed by atoms with Crippen molar-refractivity contribution in [1.82, 2.24) is 0 Å². The van der Waals surface area contributed by atoms with Gasteiger partial charge in [0, 0.05) is 18.4 Å². The molecule has 4 nitrogen and oxygen atoms in total. The molecule has 0 radical (unpaired) electrons. The molecule has 0 fully saturated rings. The van der Waals surface area contributed by atoms with Crippen LogP contribution in [0.25, 0.3) is 5.57 Å². The van der Waals surface area contributed by atoms with Gasteiger partial charge in [-0.25, -0.2) is 4.79 Å². The van der Waals surface area contributed by atoms with Crippen molar-refractivity contribution in [2.75, 3.05) is 6.61 Å². The molecule has 0 saturated carbocycles. The van der Waals surface area contributed by atoms with Crippen molar-refractivity contribution < 1.29 is 19.1 Å². The molecule has 0 heterocycles. The topological polar surface area (TPSA) is 52.6 Å². The fraction of sp³-hybridized carbons (Fsp3) is 0.263. The van der Waals surface area contributed by atoms with E-state index in [1.165, 1.54) is 6.92 Å². The van der Waals surface area contributed by atoms with E-state index in [1.807, 2.05) is 18.2 Å². The first-order chi connectivity index (χ1) is 11.0. The molecule has 4 heteroatoms. The molecule has 1 aliphatic carbocycles. The summed E-state index contributed by atoms with van der Waals surface area (Å²) in [5, 5.41) is 0. The van der Waals surface area contributed by atoms with Gasteiger partial charge in [-0.2, -0.15) is 0 Å². The number of esters is 2. The van der Waals surface area contributed by atoms with Crippen LogP contribution in [0.1, 0.15) is 25.8 Å². The summed E-state index contributed by atoms with van der Waals surface area (Å²) in [6.07, 6.45) is 7.06. The second-order valence-corrected chi connectivity index (χ2v) is 5.52. The highest BCUT2D eigenvalue weighted by atomic mass is 16.5. The van der Waals surface area contributed by atoms with E-state index in [2.05, 4.69) is 18.7 Å². The molecule has 1 unspecified atom stereocenters. The highest BCUT2D eigenvalue weighted by Gasteiger charge is 2.12. The molecule has 23 heavy (non-hydrogen) atoms. The van der Waals surface area contributed by atoms with E-state index < -0.39 is 5.97 Å². The van der Waals surface area contributed by atoms with Crippen LogP contribution in [0.2, 0.25) is 0 Å². The summed E-state index contributed by atoms with van der Waals surface area (Å²) in [7, 11) is 0. The van der Waals surface area contributed by atoms with E-state index in [0.717, 1.165) is 17.6 Å². The third-order valence-electron chi connectivity index (χ3n) is 3.40. The zero-order valence-electron chi connectivity index (χ0n) is 13.4. The largest absolute Gasteiger partial charge is 0.465 e. The molecule has 0 bridgehead atoms. The smallest absolute Gasteiger partial charge is 0.338 e. The molecule has 2 rings (SSSR count). The third kappa shape index (κ3) is 4.95. The van der Waals surface area contributed by atoms with Crippen LogP contribution in [-0.2, 0) is 14.3 Å². The van der Waals surface area contributed by atoms with E-state index in [1.54, 1.807) is 19.1 Å². The lowest BCUT2D eigenvalue weighted by Crippen LogP contribution is -2.11. The van der Waals surface area contributed by atoms with Crippen molar-refractivity contribution in [1.29, 1.82) is 0 Å². The molecule has 120 valence electrons. The lowest BCUT2D eigenvalue weighted by atomic mass is 9.93. The fourth-order valence-corrected chi connectivity index (χ4v) is 2.19. The summed E-state index contributed by atoms with van der Waals surface area (Å²) in [5.74, 6) is -0.0346. The number of benzene rings is 1. The van der Waals surface area contributed by atoms with E-state index in [0.29, 0.717) is 17.9 Å². The molecule has 1 aliphatic rings. The molecule has 0 saturated heterocycles. The highest BCUT2D eigenvalue weighted by molar-refractivity contribution is 5.88. The third-order valence-corrected chi connectivity index (χ3v) is 3.40. The Bertz CT molecular complexity index is 665. The van der Waals surface area contributed by atoms with Gasteiger partial charge in [0.1, 0.15) is 5.75 Å². The van der Waals surface area contributed by atoms with Crippen molar-refractivity contribution in [3.63, 3.8) is 0 Å². The average Bonchev–Trinajstić information content (AvgIpc) is 2.54. The first kappa shape index (κ1) is 16.7. The SMILES string of the molecule is C=C(C)C(=O)Oc1ccc(C2=CC(COC(C)=O)CC=C2)cc1. The normalized spacial score (nSPS) is 16.4. The van der Waals surface area contributed by atoms with Gasteiger partial charge in [-0.3, -0.25) is 4.79 Å². The van der Waals surface area contributed by atoms with Crippen LogP contribution in [0, 0.1) is 5.92 Å². The predicted molar refractivity (Wildman–Crippen MR) is 88.7 cm³/mol. The molecule has 0 N–H and O–H groups in total. The zero-order valence-corrected chi connectivity index (χ0v) is 13.4. The highest BCUT2D eigenvalue weighted by Crippen LogP contribution is 2.26. The van der Waals surface area contributed by atoms with Crippen LogP contribution in [0.15, 0.2) is 54.6 Å². The van der Waals surface area contributed by atoms with Crippen LogP contribution in [0.3, 0.4) is 0 Å². The van der Waals surface area contributed by atoms with Crippen molar-refractivity contribution in [2.24, 2.45) is 5.92 Å². The van der Waals surface area contributed by atoms with Crippen LogP contribution in [0.5, 0.6) is 5.75 Å². The minimum absolute atomic E-state index is 0.180. The number of ether oxygens (including phenoxy) is 2. The molecule has 0 spiro atoms. The van der Waals surface area contributed by atoms with Crippen molar-refractivity contribution in [3.8, 4) is 5.75 Å².